The number of aromatic hydroxyl groups is 1. The third kappa shape index (κ3) is 6.29. The number of phenols is 1. The van der Waals surface area contributed by atoms with Gasteiger partial charge in [-0.05, 0) is 43.0 Å². The molecule has 32 heavy (non-hydrogen) atoms. The SMILES string of the molecule is CCN(CC)C(=O)C(C#N)=Cc1cc(OC(=O)OCCc2cccs2)c(O)c([N+](=O)[O-])c1. The summed E-state index contributed by atoms with van der Waals surface area (Å²) in [7, 11) is 0. The molecule has 2 aromatic rings. The summed E-state index contributed by atoms with van der Waals surface area (Å²) >= 11 is 1.49. The van der Waals surface area contributed by atoms with E-state index in [2.05, 4.69) is 0 Å². The number of phenolic OH excluding ortho intramolecular Hbond substituents is 1. The molecular formula is C21H21N3O7S. The van der Waals surface area contributed by atoms with E-state index in [9.17, 15) is 30.1 Å². The minimum atomic E-state index is -1.16. The van der Waals surface area contributed by atoms with Gasteiger partial charge in [0.15, 0.2) is 5.75 Å². The van der Waals surface area contributed by atoms with Gasteiger partial charge in [-0.1, -0.05) is 6.07 Å². The average Bonchev–Trinajstić information content (AvgIpc) is 3.28. The second kappa shape index (κ2) is 11.5. The molecule has 168 valence electrons. The smallest absolute Gasteiger partial charge is 0.499 e. The van der Waals surface area contributed by atoms with Crippen molar-refractivity contribution >= 4 is 35.2 Å². The van der Waals surface area contributed by atoms with E-state index in [1.165, 1.54) is 16.2 Å². The van der Waals surface area contributed by atoms with Gasteiger partial charge < -0.3 is 19.5 Å². The Kier molecular flexibility index (Phi) is 8.73. The molecule has 1 heterocycles. The topological polar surface area (TPSA) is 143 Å². The van der Waals surface area contributed by atoms with Gasteiger partial charge >= 0.3 is 11.8 Å². The van der Waals surface area contributed by atoms with Gasteiger partial charge in [0, 0.05) is 30.5 Å². The molecule has 0 fully saturated rings. The van der Waals surface area contributed by atoms with E-state index in [4.69, 9.17) is 9.47 Å². The highest BCUT2D eigenvalue weighted by molar-refractivity contribution is 7.09. The van der Waals surface area contributed by atoms with Crippen LogP contribution >= 0.6 is 11.3 Å². The van der Waals surface area contributed by atoms with Crippen LogP contribution in [0.5, 0.6) is 11.5 Å². The van der Waals surface area contributed by atoms with E-state index in [1.54, 1.807) is 19.9 Å². The van der Waals surface area contributed by atoms with Crippen LogP contribution in [0.3, 0.4) is 0 Å². The lowest BCUT2D eigenvalue weighted by Crippen LogP contribution is -2.31. The fraction of sp³-hybridized carbons (Fsp3) is 0.286. The predicted octanol–water partition coefficient (Wildman–Crippen LogP) is 3.90. The molecule has 0 unspecified atom stereocenters. The van der Waals surface area contributed by atoms with Crippen LogP contribution in [-0.4, -0.2) is 46.7 Å². The molecule has 0 aliphatic carbocycles. The van der Waals surface area contributed by atoms with Crippen LogP contribution in [0.4, 0.5) is 10.5 Å². The quantitative estimate of drug-likeness (QED) is 0.149. The highest BCUT2D eigenvalue weighted by atomic mass is 32.1. The molecule has 0 saturated carbocycles. The molecule has 0 bridgehead atoms. The summed E-state index contributed by atoms with van der Waals surface area (Å²) in [5, 5.41) is 32.7. The summed E-state index contributed by atoms with van der Waals surface area (Å²) in [5.41, 5.74) is -1.00. The number of nitriles is 1. The lowest BCUT2D eigenvalue weighted by atomic mass is 10.1. The summed E-state index contributed by atoms with van der Waals surface area (Å²) in [5.74, 6) is -1.96. The third-order valence-corrected chi connectivity index (χ3v) is 5.26. The normalized spacial score (nSPS) is 10.8. The van der Waals surface area contributed by atoms with Crippen molar-refractivity contribution in [2.24, 2.45) is 0 Å². The first-order valence-corrected chi connectivity index (χ1v) is 10.5. The van der Waals surface area contributed by atoms with Gasteiger partial charge in [0.2, 0.25) is 5.75 Å². The second-order valence-corrected chi connectivity index (χ2v) is 7.35. The van der Waals surface area contributed by atoms with E-state index in [0.717, 1.165) is 23.1 Å². The van der Waals surface area contributed by atoms with Crippen LogP contribution in [0.1, 0.15) is 24.3 Å². The van der Waals surface area contributed by atoms with Crippen molar-refractivity contribution in [3.8, 4) is 17.6 Å². The molecule has 0 aliphatic heterocycles. The Hall–Kier alpha value is -3.91. The first-order chi connectivity index (χ1) is 15.3. The van der Waals surface area contributed by atoms with Crippen LogP contribution in [0.2, 0.25) is 0 Å². The van der Waals surface area contributed by atoms with Gasteiger partial charge in [0.25, 0.3) is 5.91 Å². The highest BCUT2D eigenvalue weighted by Crippen LogP contribution is 2.38. The van der Waals surface area contributed by atoms with Gasteiger partial charge in [-0.25, -0.2) is 4.79 Å². The Morgan fingerprint density at radius 2 is 2.06 bits per heavy atom. The van der Waals surface area contributed by atoms with E-state index < -0.39 is 34.2 Å². The van der Waals surface area contributed by atoms with Gasteiger partial charge in [-0.3, -0.25) is 14.9 Å². The zero-order chi connectivity index (χ0) is 23.7. The first kappa shape index (κ1) is 24.4. The number of rotatable bonds is 9. The molecule has 10 nitrogen and oxygen atoms in total. The molecule has 2 rings (SSSR count). The Morgan fingerprint density at radius 3 is 2.62 bits per heavy atom. The number of nitro groups is 1. The maximum absolute atomic E-state index is 12.5. The first-order valence-electron chi connectivity index (χ1n) is 9.60. The monoisotopic (exact) mass is 459 g/mol. The zero-order valence-corrected chi connectivity index (χ0v) is 18.3. The van der Waals surface area contributed by atoms with Crippen molar-refractivity contribution in [2.75, 3.05) is 19.7 Å². The zero-order valence-electron chi connectivity index (χ0n) is 17.4. The van der Waals surface area contributed by atoms with E-state index in [0.29, 0.717) is 19.5 Å². The lowest BCUT2D eigenvalue weighted by molar-refractivity contribution is -0.385. The fourth-order valence-electron chi connectivity index (χ4n) is 2.71. The lowest BCUT2D eigenvalue weighted by Gasteiger charge is -2.17. The predicted molar refractivity (Wildman–Crippen MR) is 116 cm³/mol. The largest absolute Gasteiger partial charge is 0.513 e. The summed E-state index contributed by atoms with van der Waals surface area (Å²) in [6.07, 6.45) is 0.426. The van der Waals surface area contributed by atoms with Gasteiger partial charge in [-0.2, -0.15) is 5.26 Å². The molecule has 1 amide bonds. The number of carbonyl (C=O) groups is 2. The number of hydrogen-bond acceptors (Lipinski definition) is 9. The third-order valence-electron chi connectivity index (χ3n) is 4.33. The second-order valence-electron chi connectivity index (χ2n) is 6.32. The van der Waals surface area contributed by atoms with E-state index >= 15 is 0 Å². The molecule has 0 aliphatic rings. The average molecular weight is 459 g/mol. The number of benzene rings is 1. The number of amides is 1. The van der Waals surface area contributed by atoms with Crippen LogP contribution < -0.4 is 4.74 Å². The van der Waals surface area contributed by atoms with Crippen molar-refractivity contribution in [1.29, 1.82) is 5.26 Å². The van der Waals surface area contributed by atoms with E-state index in [-0.39, 0.29) is 17.7 Å². The molecule has 1 aromatic heterocycles. The number of likely N-dealkylation sites (N-methyl/N-ethyl adjacent to an activating group) is 1. The van der Waals surface area contributed by atoms with Crippen LogP contribution in [0.15, 0.2) is 35.2 Å². The van der Waals surface area contributed by atoms with Crippen LogP contribution in [0.25, 0.3) is 6.08 Å². The minimum Gasteiger partial charge on any atom is -0.499 e. The Morgan fingerprint density at radius 1 is 1.34 bits per heavy atom. The Bertz CT molecular complexity index is 1050. The molecular weight excluding hydrogens is 438 g/mol. The molecule has 1 aromatic carbocycles. The van der Waals surface area contributed by atoms with Crippen LogP contribution in [0, 0.1) is 21.4 Å². The number of thiophene rings is 1. The summed E-state index contributed by atoms with van der Waals surface area (Å²) in [6, 6.07) is 7.57. The highest BCUT2D eigenvalue weighted by Gasteiger charge is 2.23. The maximum atomic E-state index is 12.5. The summed E-state index contributed by atoms with van der Waals surface area (Å²) in [4.78, 5) is 37.3. The summed E-state index contributed by atoms with van der Waals surface area (Å²) in [6.45, 7) is 4.25. The Labute approximate surface area is 188 Å². The standard InChI is InChI=1S/C21H21N3O7S/c1-3-23(4-2)20(26)15(13-22)10-14-11-17(24(28)29)19(25)18(12-14)31-21(27)30-8-7-16-6-5-9-32-16/h5-6,9-12,25H,3-4,7-8H2,1-2H3. The number of ether oxygens (including phenoxy) is 2. The molecule has 0 saturated heterocycles. The van der Waals surface area contributed by atoms with Gasteiger partial charge in [-0.15, -0.1) is 11.3 Å². The molecule has 11 heteroatoms. The van der Waals surface area contributed by atoms with Crippen molar-refractivity contribution in [1.82, 2.24) is 4.90 Å². The van der Waals surface area contributed by atoms with Crippen molar-refractivity contribution in [3.05, 3.63) is 55.8 Å². The maximum Gasteiger partial charge on any atom is 0.513 e. The minimum absolute atomic E-state index is 0.0126. The van der Waals surface area contributed by atoms with Crippen molar-refractivity contribution < 1.29 is 29.1 Å². The molecule has 1 N–H and O–H groups in total. The number of carbonyl (C=O) groups excluding carboxylic acids is 2. The van der Waals surface area contributed by atoms with E-state index in [1.807, 2.05) is 17.5 Å². The molecule has 0 atom stereocenters. The number of nitro benzene ring substituents is 1. The Balaban J connectivity index is 2.27. The van der Waals surface area contributed by atoms with Crippen LogP contribution in [-0.2, 0) is 16.0 Å². The molecule has 0 radical (unpaired) electrons. The van der Waals surface area contributed by atoms with Gasteiger partial charge in [0.1, 0.15) is 11.6 Å². The molecule has 0 spiro atoms. The fourth-order valence-corrected chi connectivity index (χ4v) is 3.40. The number of hydrogen-bond donors (Lipinski definition) is 1. The van der Waals surface area contributed by atoms with Crippen molar-refractivity contribution in [3.63, 3.8) is 0 Å². The van der Waals surface area contributed by atoms with Gasteiger partial charge in [0.05, 0.1) is 11.5 Å². The number of nitrogens with zero attached hydrogens (tertiary/aromatic N) is 3. The summed E-state index contributed by atoms with van der Waals surface area (Å²) < 4.78 is 9.89. The van der Waals surface area contributed by atoms with Crippen molar-refractivity contribution in [2.45, 2.75) is 20.3 Å².